The molecule has 6 heteroatoms. The van der Waals surface area contributed by atoms with Gasteiger partial charge in [0.2, 0.25) is 5.95 Å². The highest BCUT2D eigenvalue weighted by molar-refractivity contribution is 5.53. The Hall–Kier alpha value is -2.65. The Balaban J connectivity index is 1.24. The number of anilines is 2. The summed E-state index contributed by atoms with van der Waals surface area (Å²) >= 11 is 0. The highest BCUT2D eigenvalue weighted by atomic mass is 15.1. The van der Waals surface area contributed by atoms with Crippen molar-refractivity contribution in [3.8, 4) is 6.07 Å². The van der Waals surface area contributed by atoms with Crippen LogP contribution >= 0.6 is 0 Å². The van der Waals surface area contributed by atoms with E-state index in [1.807, 2.05) is 18.2 Å². The molecule has 156 valence electrons. The molecule has 6 rings (SSSR count). The van der Waals surface area contributed by atoms with Crippen molar-refractivity contribution in [3.05, 3.63) is 47.7 Å². The number of benzene rings is 1. The largest absolute Gasteiger partial charge is 0.368 e. The molecule has 0 aliphatic heterocycles. The third-order valence-electron chi connectivity index (χ3n) is 7.55. The van der Waals surface area contributed by atoms with E-state index in [0.717, 1.165) is 25.4 Å². The monoisotopic (exact) mass is 402 g/mol. The Bertz CT molecular complexity index is 920. The molecule has 1 aromatic carbocycles. The Morgan fingerprint density at radius 1 is 1.10 bits per heavy atom. The summed E-state index contributed by atoms with van der Waals surface area (Å²) in [4.78, 5) is 8.95. The lowest BCUT2D eigenvalue weighted by atomic mass is 9.48. The molecule has 4 saturated carbocycles. The maximum Gasteiger partial charge on any atom is 0.224 e. The van der Waals surface area contributed by atoms with E-state index in [-0.39, 0.29) is 0 Å². The van der Waals surface area contributed by atoms with Crippen molar-refractivity contribution in [2.45, 2.75) is 44.6 Å². The molecule has 2 aromatic rings. The van der Waals surface area contributed by atoms with Gasteiger partial charge in [-0.05, 0) is 67.3 Å². The van der Waals surface area contributed by atoms with Gasteiger partial charge in [0.1, 0.15) is 17.5 Å². The van der Waals surface area contributed by atoms with Crippen molar-refractivity contribution in [1.82, 2.24) is 9.97 Å². The molecule has 0 radical (unpaired) electrons. The summed E-state index contributed by atoms with van der Waals surface area (Å²) in [6.07, 6.45) is 8.86. The molecule has 5 atom stereocenters. The average Bonchev–Trinajstić information content (AvgIpc) is 2.76. The fraction of sp³-hybridized carbons (Fsp3) is 0.542. The second kappa shape index (κ2) is 7.88. The third kappa shape index (κ3) is 3.75. The molecular weight excluding hydrogens is 372 g/mol. The smallest absolute Gasteiger partial charge is 0.224 e. The highest BCUT2D eigenvalue weighted by Crippen LogP contribution is 2.59. The van der Waals surface area contributed by atoms with Crippen molar-refractivity contribution >= 4 is 11.8 Å². The first-order valence-electron chi connectivity index (χ1n) is 11.2. The van der Waals surface area contributed by atoms with Crippen molar-refractivity contribution in [3.63, 3.8) is 0 Å². The fourth-order valence-electron chi connectivity index (χ4n) is 6.37. The molecule has 1 heterocycles. The topological polar surface area (TPSA) is 99.6 Å². The molecule has 4 aliphatic carbocycles. The number of hydrogen-bond donors (Lipinski definition) is 3. The van der Waals surface area contributed by atoms with Crippen LogP contribution in [-0.2, 0) is 6.42 Å². The minimum Gasteiger partial charge on any atom is -0.368 e. The van der Waals surface area contributed by atoms with E-state index < -0.39 is 0 Å². The SMILES string of the molecule is N#Cc1cnc(NCCc2ccccc2)nc1NCC12CC3C[C@H](C1)C(N)[C@@H](C3)C2. The van der Waals surface area contributed by atoms with Gasteiger partial charge in [-0.2, -0.15) is 10.2 Å². The standard InChI is InChI=1S/C24H30N6/c25-13-20-14-28-23(27-7-6-16-4-2-1-3-5-16)30-22(20)29-15-24-10-17-8-18(11-24)21(26)19(9-17)12-24/h1-5,14,17-19,21H,6-12,15,26H2,(H2,27,28,29,30)/t17?,18-,19+,21?,24?. The Morgan fingerprint density at radius 3 is 2.60 bits per heavy atom. The van der Waals surface area contributed by atoms with E-state index in [9.17, 15) is 5.26 Å². The Morgan fingerprint density at radius 2 is 1.87 bits per heavy atom. The van der Waals surface area contributed by atoms with E-state index in [0.29, 0.717) is 40.6 Å². The molecule has 0 amide bonds. The lowest BCUT2D eigenvalue weighted by molar-refractivity contribution is -0.0591. The van der Waals surface area contributed by atoms with Crippen LogP contribution in [0.25, 0.3) is 0 Å². The van der Waals surface area contributed by atoms with Gasteiger partial charge in [0.15, 0.2) is 0 Å². The Kier molecular flexibility index (Phi) is 5.08. The van der Waals surface area contributed by atoms with E-state index in [2.05, 4.69) is 38.8 Å². The minimum absolute atomic E-state index is 0.310. The average molecular weight is 403 g/mol. The number of aromatic nitrogens is 2. The lowest BCUT2D eigenvalue weighted by Crippen LogP contribution is -2.58. The summed E-state index contributed by atoms with van der Waals surface area (Å²) in [7, 11) is 0. The van der Waals surface area contributed by atoms with Crippen LogP contribution in [0.3, 0.4) is 0 Å². The van der Waals surface area contributed by atoms with Crippen LogP contribution in [0.1, 0.15) is 43.2 Å². The first-order chi connectivity index (χ1) is 14.6. The predicted molar refractivity (Wildman–Crippen MR) is 118 cm³/mol. The van der Waals surface area contributed by atoms with E-state index in [1.165, 1.54) is 37.7 Å². The van der Waals surface area contributed by atoms with Gasteiger partial charge in [0.05, 0.1) is 6.20 Å². The maximum atomic E-state index is 9.52. The molecule has 3 unspecified atom stereocenters. The highest BCUT2D eigenvalue weighted by Gasteiger charge is 2.54. The number of nitrogens with two attached hydrogens (primary N) is 1. The van der Waals surface area contributed by atoms with Gasteiger partial charge >= 0.3 is 0 Å². The second-order valence-electron chi connectivity index (χ2n) is 9.63. The van der Waals surface area contributed by atoms with Crippen molar-refractivity contribution in [2.75, 3.05) is 23.7 Å². The normalized spacial score (nSPS) is 31.3. The van der Waals surface area contributed by atoms with Crippen molar-refractivity contribution in [2.24, 2.45) is 28.9 Å². The molecule has 30 heavy (non-hydrogen) atoms. The number of nitrogens with one attached hydrogen (secondary N) is 2. The van der Waals surface area contributed by atoms with E-state index in [4.69, 9.17) is 5.73 Å². The van der Waals surface area contributed by atoms with Crippen LogP contribution in [0, 0.1) is 34.5 Å². The molecule has 4 fully saturated rings. The molecule has 4 N–H and O–H groups in total. The van der Waals surface area contributed by atoms with Gasteiger partial charge in [-0.25, -0.2) is 4.98 Å². The first-order valence-corrected chi connectivity index (χ1v) is 11.2. The fourth-order valence-corrected chi connectivity index (χ4v) is 6.37. The van der Waals surface area contributed by atoms with Gasteiger partial charge in [-0.15, -0.1) is 0 Å². The summed E-state index contributed by atoms with van der Waals surface area (Å²) in [5, 5.41) is 16.3. The third-order valence-corrected chi connectivity index (χ3v) is 7.55. The summed E-state index contributed by atoms with van der Waals surface area (Å²) in [6, 6.07) is 13.0. The van der Waals surface area contributed by atoms with Crippen molar-refractivity contribution < 1.29 is 0 Å². The van der Waals surface area contributed by atoms with Gasteiger partial charge in [-0.1, -0.05) is 30.3 Å². The predicted octanol–water partition coefficient (Wildman–Crippen LogP) is 3.57. The van der Waals surface area contributed by atoms with Crippen LogP contribution in [0.4, 0.5) is 11.8 Å². The molecule has 4 bridgehead atoms. The number of rotatable bonds is 7. The van der Waals surface area contributed by atoms with Crippen molar-refractivity contribution in [1.29, 1.82) is 5.26 Å². The lowest BCUT2D eigenvalue weighted by Gasteiger charge is -2.59. The molecule has 4 aliphatic rings. The maximum absolute atomic E-state index is 9.52. The Labute approximate surface area is 178 Å². The number of nitriles is 1. The summed E-state index contributed by atoms with van der Waals surface area (Å²) in [5.41, 5.74) is 8.59. The van der Waals surface area contributed by atoms with Crippen LogP contribution in [0.5, 0.6) is 0 Å². The first kappa shape index (κ1) is 19.3. The molecule has 0 saturated heterocycles. The van der Waals surface area contributed by atoms with Crippen LogP contribution in [0.15, 0.2) is 36.5 Å². The van der Waals surface area contributed by atoms with E-state index >= 15 is 0 Å². The van der Waals surface area contributed by atoms with Crippen LogP contribution in [-0.4, -0.2) is 29.1 Å². The van der Waals surface area contributed by atoms with Crippen LogP contribution in [0.2, 0.25) is 0 Å². The molecule has 0 spiro atoms. The number of nitrogens with zero attached hydrogens (tertiary/aromatic N) is 3. The molecular formula is C24H30N6. The zero-order valence-corrected chi connectivity index (χ0v) is 17.3. The second-order valence-corrected chi connectivity index (χ2v) is 9.63. The van der Waals surface area contributed by atoms with Gasteiger partial charge in [-0.3, -0.25) is 0 Å². The zero-order valence-electron chi connectivity index (χ0n) is 17.3. The van der Waals surface area contributed by atoms with Crippen LogP contribution < -0.4 is 16.4 Å². The summed E-state index contributed by atoms with van der Waals surface area (Å²) < 4.78 is 0. The van der Waals surface area contributed by atoms with Gasteiger partial charge in [0.25, 0.3) is 0 Å². The minimum atomic E-state index is 0.310. The number of hydrogen-bond acceptors (Lipinski definition) is 6. The molecule has 6 nitrogen and oxygen atoms in total. The van der Waals surface area contributed by atoms with E-state index in [1.54, 1.807) is 6.20 Å². The quantitative estimate of drug-likeness (QED) is 0.655. The summed E-state index contributed by atoms with van der Waals surface area (Å²) in [5.74, 6) is 3.40. The summed E-state index contributed by atoms with van der Waals surface area (Å²) in [6.45, 7) is 1.63. The zero-order chi connectivity index (χ0) is 20.6. The molecule has 1 aromatic heterocycles. The van der Waals surface area contributed by atoms with Gasteiger partial charge in [0, 0.05) is 19.1 Å². The van der Waals surface area contributed by atoms with Gasteiger partial charge < -0.3 is 16.4 Å².